The molecular weight excluding hydrogens is 418 g/mol. The van der Waals surface area contributed by atoms with Crippen molar-refractivity contribution in [3.8, 4) is 0 Å². The largest absolute Gasteiger partial charge is 0.444 e. The average Bonchev–Trinajstić information content (AvgIpc) is 2.40. The fourth-order valence-corrected chi connectivity index (χ4v) is 2.37. The van der Waals surface area contributed by atoms with E-state index in [1.165, 1.54) is 4.90 Å². The maximum atomic E-state index is 12.3. The molecule has 0 aliphatic carbocycles. The van der Waals surface area contributed by atoms with Crippen LogP contribution in [0.2, 0.25) is 0 Å². The van der Waals surface area contributed by atoms with Gasteiger partial charge in [-0.1, -0.05) is 6.07 Å². The molecule has 5 nitrogen and oxygen atoms in total. The van der Waals surface area contributed by atoms with E-state index >= 15 is 0 Å². The molecule has 1 rings (SSSR count). The molecule has 0 aliphatic heterocycles. The molecule has 2 N–H and O–H groups in total. The van der Waals surface area contributed by atoms with Crippen LogP contribution >= 0.6 is 31.9 Å². The predicted octanol–water partition coefficient (Wildman–Crippen LogP) is 3.30. The summed E-state index contributed by atoms with van der Waals surface area (Å²) >= 11 is 6.81. The summed E-state index contributed by atoms with van der Waals surface area (Å²) in [6.07, 6.45) is -1.54. The lowest BCUT2D eigenvalue weighted by atomic mass is 10.2. The van der Waals surface area contributed by atoms with Crippen molar-refractivity contribution in [2.45, 2.75) is 39.0 Å². The van der Waals surface area contributed by atoms with Gasteiger partial charge in [-0.3, -0.25) is 0 Å². The minimum atomic E-state index is -1.01. The quantitative estimate of drug-likeness (QED) is 0.739. The SMILES string of the molecule is CC(C)(C)OC(=O)N(Cc1ccc(Br)c(Br)c1)CC(O)CO. The maximum Gasteiger partial charge on any atom is 0.410 e. The number of hydrogen-bond donors (Lipinski definition) is 2. The smallest absolute Gasteiger partial charge is 0.410 e. The number of amides is 1. The number of nitrogens with zero attached hydrogens (tertiary/aromatic N) is 1. The molecule has 0 fully saturated rings. The fraction of sp³-hybridized carbons (Fsp3) is 0.533. The van der Waals surface area contributed by atoms with E-state index in [0.717, 1.165) is 14.5 Å². The van der Waals surface area contributed by atoms with E-state index in [2.05, 4.69) is 31.9 Å². The minimum Gasteiger partial charge on any atom is -0.444 e. The van der Waals surface area contributed by atoms with Crippen molar-refractivity contribution in [3.63, 3.8) is 0 Å². The lowest BCUT2D eigenvalue weighted by Crippen LogP contribution is -2.41. The van der Waals surface area contributed by atoms with Crippen molar-refractivity contribution >= 4 is 38.0 Å². The lowest BCUT2D eigenvalue weighted by Gasteiger charge is -2.28. The van der Waals surface area contributed by atoms with E-state index < -0.39 is 24.4 Å². The Hall–Kier alpha value is -0.630. The Morgan fingerprint density at radius 2 is 1.95 bits per heavy atom. The van der Waals surface area contributed by atoms with Crippen molar-refractivity contribution in [2.24, 2.45) is 0 Å². The van der Waals surface area contributed by atoms with Gasteiger partial charge in [-0.05, 0) is 70.3 Å². The highest BCUT2D eigenvalue weighted by Crippen LogP contribution is 2.24. The molecule has 1 amide bonds. The van der Waals surface area contributed by atoms with Crippen molar-refractivity contribution < 1.29 is 19.7 Å². The van der Waals surface area contributed by atoms with Gasteiger partial charge in [0.15, 0.2) is 0 Å². The van der Waals surface area contributed by atoms with Crippen molar-refractivity contribution in [2.75, 3.05) is 13.2 Å². The molecule has 1 atom stereocenters. The second kappa shape index (κ2) is 8.29. The molecule has 0 aromatic heterocycles. The van der Waals surface area contributed by atoms with Crippen LogP contribution in [0, 0.1) is 0 Å². The molecule has 0 radical (unpaired) electrons. The molecule has 1 aromatic carbocycles. The summed E-state index contributed by atoms with van der Waals surface area (Å²) in [7, 11) is 0. The minimum absolute atomic E-state index is 0.000897. The van der Waals surface area contributed by atoms with Gasteiger partial charge >= 0.3 is 6.09 Å². The van der Waals surface area contributed by atoms with Gasteiger partial charge < -0.3 is 19.8 Å². The molecule has 0 spiro atoms. The van der Waals surface area contributed by atoms with E-state index in [0.29, 0.717) is 0 Å². The van der Waals surface area contributed by atoms with Crippen molar-refractivity contribution in [1.82, 2.24) is 4.90 Å². The topological polar surface area (TPSA) is 70.0 Å². The molecule has 0 saturated carbocycles. The zero-order chi connectivity index (χ0) is 16.9. The third-order valence-electron chi connectivity index (χ3n) is 2.65. The van der Waals surface area contributed by atoms with Gasteiger partial charge in [-0.15, -0.1) is 0 Å². The van der Waals surface area contributed by atoms with Crippen LogP contribution in [0.15, 0.2) is 27.1 Å². The summed E-state index contributed by atoms with van der Waals surface area (Å²) < 4.78 is 7.13. The lowest BCUT2D eigenvalue weighted by molar-refractivity contribution is 0.00536. The number of carbonyl (C=O) groups excluding carboxylic acids is 1. The molecule has 0 bridgehead atoms. The van der Waals surface area contributed by atoms with Crippen LogP contribution in [0.3, 0.4) is 0 Å². The Labute approximate surface area is 147 Å². The molecule has 124 valence electrons. The average molecular weight is 439 g/mol. The van der Waals surface area contributed by atoms with Gasteiger partial charge in [-0.2, -0.15) is 0 Å². The Bertz CT molecular complexity index is 517. The summed E-state index contributed by atoms with van der Waals surface area (Å²) in [5, 5.41) is 18.6. The van der Waals surface area contributed by atoms with Gasteiger partial charge in [0.05, 0.1) is 19.3 Å². The molecule has 0 aliphatic rings. The van der Waals surface area contributed by atoms with Gasteiger partial charge in [0, 0.05) is 15.5 Å². The Morgan fingerprint density at radius 3 is 2.45 bits per heavy atom. The van der Waals surface area contributed by atoms with Crippen LogP contribution < -0.4 is 0 Å². The third-order valence-corrected chi connectivity index (χ3v) is 4.53. The number of halogens is 2. The Morgan fingerprint density at radius 1 is 1.32 bits per heavy atom. The maximum absolute atomic E-state index is 12.3. The van der Waals surface area contributed by atoms with Crippen LogP contribution in [0.25, 0.3) is 0 Å². The second-order valence-electron chi connectivity index (χ2n) is 5.95. The van der Waals surface area contributed by atoms with Crippen LogP contribution in [-0.4, -0.2) is 46.1 Å². The number of rotatable bonds is 5. The highest BCUT2D eigenvalue weighted by atomic mass is 79.9. The highest BCUT2D eigenvalue weighted by Gasteiger charge is 2.24. The molecule has 7 heteroatoms. The number of aliphatic hydroxyl groups is 2. The van der Waals surface area contributed by atoms with Crippen LogP contribution in [-0.2, 0) is 11.3 Å². The first-order chi connectivity index (χ1) is 10.1. The molecular formula is C15H21Br2NO4. The normalized spacial score (nSPS) is 12.9. The highest BCUT2D eigenvalue weighted by molar-refractivity contribution is 9.13. The Kier molecular flexibility index (Phi) is 7.31. The zero-order valence-corrected chi connectivity index (χ0v) is 16.0. The van der Waals surface area contributed by atoms with Gasteiger partial charge in [0.1, 0.15) is 5.60 Å². The molecule has 1 aromatic rings. The summed E-state index contributed by atoms with van der Waals surface area (Å²) in [4.78, 5) is 13.6. The standard InChI is InChI=1S/C15H21Br2NO4/c1-15(2,3)22-14(21)18(8-11(20)9-19)7-10-4-5-12(16)13(17)6-10/h4-6,11,19-20H,7-9H2,1-3H3. The predicted molar refractivity (Wildman–Crippen MR) is 91.6 cm³/mol. The number of aliphatic hydroxyl groups excluding tert-OH is 2. The molecule has 22 heavy (non-hydrogen) atoms. The second-order valence-corrected chi connectivity index (χ2v) is 7.65. The number of benzene rings is 1. The number of carbonyl (C=O) groups is 1. The van der Waals surface area contributed by atoms with E-state index in [4.69, 9.17) is 9.84 Å². The summed E-state index contributed by atoms with van der Waals surface area (Å²) in [5.74, 6) is 0. The number of hydrogen-bond acceptors (Lipinski definition) is 4. The first-order valence-electron chi connectivity index (χ1n) is 6.83. The van der Waals surface area contributed by atoms with E-state index in [1.807, 2.05) is 18.2 Å². The van der Waals surface area contributed by atoms with Gasteiger partial charge in [0.2, 0.25) is 0 Å². The molecule has 1 unspecified atom stereocenters. The molecule has 0 heterocycles. The first kappa shape index (κ1) is 19.4. The zero-order valence-electron chi connectivity index (χ0n) is 12.8. The van der Waals surface area contributed by atoms with Gasteiger partial charge in [-0.25, -0.2) is 4.79 Å². The number of ether oxygens (including phenoxy) is 1. The van der Waals surface area contributed by atoms with Crippen molar-refractivity contribution in [1.29, 1.82) is 0 Å². The van der Waals surface area contributed by atoms with Crippen LogP contribution in [0.4, 0.5) is 4.79 Å². The molecule has 0 saturated heterocycles. The first-order valence-corrected chi connectivity index (χ1v) is 8.41. The van der Waals surface area contributed by atoms with Crippen LogP contribution in [0.5, 0.6) is 0 Å². The van der Waals surface area contributed by atoms with Crippen molar-refractivity contribution in [3.05, 3.63) is 32.7 Å². The fourth-order valence-electron chi connectivity index (χ4n) is 1.70. The Balaban J connectivity index is 2.89. The van der Waals surface area contributed by atoms with Crippen LogP contribution in [0.1, 0.15) is 26.3 Å². The third kappa shape index (κ3) is 6.64. The van der Waals surface area contributed by atoms with E-state index in [-0.39, 0.29) is 13.1 Å². The summed E-state index contributed by atoms with van der Waals surface area (Å²) in [6, 6.07) is 5.62. The van der Waals surface area contributed by atoms with E-state index in [9.17, 15) is 9.90 Å². The summed E-state index contributed by atoms with van der Waals surface area (Å²) in [5.41, 5.74) is 0.255. The monoisotopic (exact) mass is 437 g/mol. The van der Waals surface area contributed by atoms with Gasteiger partial charge in [0.25, 0.3) is 0 Å². The van der Waals surface area contributed by atoms with E-state index in [1.54, 1.807) is 20.8 Å². The summed E-state index contributed by atoms with van der Waals surface area (Å²) in [6.45, 7) is 5.20.